The number of carbonyl (C=O) groups excluding carboxylic acids is 1. The molecule has 0 unspecified atom stereocenters. The highest BCUT2D eigenvalue weighted by molar-refractivity contribution is 5.75. The topological polar surface area (TPSA) is 73.7 Å². The van der Waals surface area contributed by atoms with Crippen molar-refractivity contribution in [2.75, 3.05) is 21.3 Å². The van der Waals surface area contributed by atoms with Crippen molar-refractivity contribution in [1.82, 2.24) is 14.7 Å². The molecule has 0 aliphatic rings. The lowest BCUT2D eigenvalue weighted by molar-refractivity contribution is -0.131. The van der Waals surface area contributed by atoms with E-state index in [4.69, 9.17) is 9.47 Å². The van der Waals surface area contributed by atoms with Crippen molar-refractivity contribution in [3.63, 3.8) is 0 Å². The van der Waals surface area contributed by atoms with Crippen LogP contribution < -0.4 is 15.0 Å². The summed E-state index contributed by atoms with van der Waals surface area (Å²) in [6, 6.07) is 18.0. The Morgan fingerprint density at radius 2 is 1.79 bits per heavy atom. The summed E-state index contributed by atoms with van der Waals surface area (Å²) >= 11 is 0. The van der Waals surface area contributed by atoms with Crippen LogP contribution in [0.4, 0.5) is 0 Å². The van der Waals surface area contributed by atoms with E-state index >= 15 is 0 Å². The second-order valence-corrected chi connectivity index (χ2v) is 6.51. The fraction of sp³-hybridized carbons (Fsp3) is 0.227. The van der Waals surface area contributed by atoms with Gasteiger partial charge in [0.25, 0.3) is 5.56 Å². The van der Waals surface area contributed by atoms with E-state index in [1.807, 2.05) is 42.5 Å². The average Bonchev–Trinajstić information content (AvgIpc) is 2.76. The van der Waals surface area contributed by atoms with E-state index in [0.29, 0.717) is 23.7 Å². The van der Waals surface area contributed by atoms with Gasteiger partial charge in [-0.3, -0.25) is 9.59 Å². The third-order valence-electron chi connectivity index (χ3n) is 4.55. The molecule has 0 saturated heterocycles. The van der Waals surface area contributed by atoms with Gasteiger partial charge in [-0.25, -0.2) is 4.68 Å². The van der Waals surface area contributed by atoms with E-state index in [2.05, 4.69) is 5.10 Å². The molecule has 29 heavy (non-hydrogen) atoms. The summed E-state index contributed by atoms with van der Waals surface area (Å²) < 4.78 is 11.8. The highest BCUT2D eigenvalue weighted by Crippen LogP contribution is 2.25. The molecule has 0 bridgehead atoms. The zero-order valence-corrected chi connectivity index (χ0v) is 16.7. The van der Waals surface area contributed by atoms with Crippen LogP contribution in [0.15, 0.2) is 65.5 Å². The van der Waals surface area contributed by atoms with Gasteiger partial charge in [-0.05, 0) is 18.2 Å². The van der Waals surface area contributed by atoms with Crippen LogP contribution in [-0.4, -0.2) is 41.9 Å². The van der Waals surface area contributed by atoms with Crippen molar-refractivity contribution < 1.29 is 14.3 Å². The molecule has 0 fully saturated rings. The number of carbonyl (C=O) groups is 1. The number of amides is 1. The fourth-order valence-electron chi connectivity index (χ4n) is 2.90. The molecule has 1 amide bonds. The quantitative estimate of drug-likeness (QED) is 0.617. The van der Waals surface area contributed by atoms with Gasteiger partial charge in [-0.2, -0.15) is 5.10 Å². The molecule has 0 N–H and O–H groups in total. The van der Waals surface area contributed by atoms with Crippen LogP contribution in [0.25, 0.3) is 11.3 Å². The third kappa shape index (κ3) is 4.82. The molecule has 150 valence electrons. The maximum Gasteiger partial charge on any atom is 0.267 e. The number of methoxy groups -OCH3 is 2. The lowest BCUT2D eigenvalue weighted by atomic mass is 10.1. The Labute approximate surface area is 169 Å². The minimum atomic E-state index is -0.326. The second kappa shape index (κ2) is 9.05. The third-order valence-corrected chi connectivity index (χ3v) is 4.55. The SMILES string of the molecule is COc1ccc(CN(C)C(=O)Cn2nc(-c3ccccc3)ccc2=O)c(OC)c1. The van der Waals surface area contributed by atoms with E-state index in [1.165, 1.54) is 15.6 Å². The Morgan fingerprint density at radius 1 is 1.03 bits per heavy atom. The molecule has 7 nitrogen and oxygen atoms in total. The fourth-order valence-corrected chi connectivity index (χ4v) is 2.90. The van der Waals surface area contributed by atoms with Gasteiger partial charge in [0.05, 0.1) is 19.9 Å². The maximum absolute atomic E-state index is 12.7. The largest absolute Gasteiger partial charge is 0.497 e. The molecular formula is C22H23N3O4. The summed E-state index contributed by atoms with van der Waals surface area (Å²) in [5.41, 5.74) is 2.03. The second-order valence-electron chi connectivity index (χ2n) is 6.51. The number of aromatic nitrogens is 2. The normalized spacial score (nSPS) is 10.4. The summed E-state index contributed by atoms with van der Waals surface area (Å²) in [6.07, 6.45) is 0. The van der Waals surface area contributed by atoms with Crippen molar-refractivity contribution in [1.29, 1.82) is 0 Å². The Balaban J connectivity index is 1.76. The Morgan fingerprint density at radius 3 is 2.48 bits per heavy atom. The highest BCUT2D eigenvalue weighted by atomic mass is 16.5. The molecule has 0 atom stereocenters. The molecule has 0 radical (unpaired) electrons. The molecule has 3 aromatic rings. The number of hydrogen-bond donors (Lipinski definition) is 0. The number of likely N-dealkylation sites (N-methyl/N-ethyl adjacent to an activating group) is 1. The molecule has 2 aromatic carbocycles. The molecule has 1 heterocycles. The van der Waals surface area contributed by atoms with Gasteiger partial charge >= 0.3 is 0 Å². The van der Waals surface area contributed by atoms with Crippen molar-refractivity contribution in [2.24, 2.45) is 0 Å². The molecule has 3 rings (SSSR count). The number of hydrogen-bond acceptors (Lipinski definition) is 5. The lowest BCUT2D eigenvalue weighted by Crippen LogP contribution is -2.34. The number of ether oxygens (including phenoxy) is 2. The van der Waals surface area contributed by atoms with Gasteiger partial charge in [-0.1, -0.05) is 30.3 Å². The minimum absolute atomic E-state index is 0.144. The van der Waals surface area contributed by atoms with Gasteiger partial charge in [0, 0.05) is 36.9 Å². The lowest BCUT2D eigenvalue weighted by Gasteiger charge is -2.19. The zero-order chi connectivity index (χ0) is 20.8. The monoisotopic (exact) mass is 393 g/mol. The van der Waals surface area contributed by atoms with Crippen LogP contribution in [0.5, 0.6) is 11.5 Å². The predicted octanol–water partition coefficient (Wildman–Crippen LogP) is 2.59. The standard InChI is InChI=1S/C22H23N3O4/c1-24(14-17-9-10-18(28-2)13-20(17)29-3)22(27)15-25-21(26)12-11-19(23-25)16-7-5-4-6-8-16/h4-13H,14-15H2,1-3H3. The Bertz CT molecular complexity index is 1050. The molecule has 0 spiro atoms. The Kier molecular flexibility index (Phi) is 6.29. The molecule has 7 heteroatoms. The van der Waals surface area contributed by atoms with Gasteiger partial charge in [0.1, 0.15) is 18.0 Å². The first-order chi connectivity index (χ1) is 14.0. The van der Waals surface area contributed by atoms with Crippen LogP contribution in [0, 0.1) is 0 Å². The number of nitrogens with zero attached hydrogens (tertiary/aromatic N) is 3. The highest BCUT2D eigenvalue weighted by Gasteiger charge is 2.15. The first-order valence-electron chi connectivity index (χ1n) is 9.10. The first kappa shape index (κ1) is 20.1. The van der Waals surface area contributed by atoms with E-state index < -0.39 is 0 Å². The Hall–Kier alpha value is -3.61. The molecule has 1 aromatic heterocycles. The van der Waals surface area contributed by atoms with Crippen molar-refractivity contribution in [2.45, 2.75) is 13.1 Å². The van der Waals surface area contributed by atoms with Gasteiger partial charge in [0.15, 0.2) is 0 Å². The van der Waals surface area contributed by atoms with Crippen molar-refractivity contribution in [3.05, 3.63) is 76.6 Å². The van der Waals surface area contributed by atoms with Crippen LogP contribution in [0.3, 0.4) is 0 Å². The summed E-state index contributed by atoms with van der Waals surface area (Å²) in [4.78, 5) is 26.4. The van der Waals surface area contributed by atoms with Crippen LogP contribution in [0.2, 0.25) is 0 Å². The van der Waals surface area contributed by atoms with E-state index in [0.717, 1.165) is 11.1 Å². The maximum atomic E-state index is 12.7. The molecule has 0 aliphatic carbocycles. The van der Waals surface area contributed by atoms with Gasteiger partial charge in [0.2, 0.25) is 5.91 Å². The van der Waals surface area contributed by atoms with Gasteiger partial charge in [-0.15, -0.1) is 0 Å². The molecular weight excluding hydrogens is 370 g/mol. The summed E-state index contributed by atoms with van der Waals surface area (Å²) in [6.45, 7) is 0.188. The van der Waals surface area contributed by atoms with E-state index in [9.17, 15) is 9.59 Å². The molecule has 0 aliphatic heterocycles. The van der Waals surface area contributed by atoms with Crippen molar-refractivity contribution in [3.8, 4) is 22.8 Å². The van der Waals surface area contributed by atoms with Crippen LogP contribution in [0.1, 0.15) is 5.56 Å². The summed E-state index contributed by atoms with van der Waals surface area (Å²) in [5, 5.41) is 4.34. The number of rotatable bonds is 7. The predicted molar refractivity (Wildman–Crippen MR) is 110 cm³/mol. The average molecular weight is 393 g/mol. The van der Waals surface area contributed by atoms with E-state index in [1.54, 1.807) is 33.4 Å². The van der Waals surface area contributed by atoms with Crippen molar-refractivity contribution >= 4 is 5.91 Å². The minimum Gasteiger partial charge on any atom is -0.497 e. The summed E-state index contributed by atoms with van der Waals surface area (Å²) in [5.74, 6) is 1.07. The smallest absolute Gasteiger partial charge is 0.267 e. The van der Waals surface area contributed by atoms with E-state index in [-0.39, 0.29) is 18.0 Å². The molecule has 0 saturated carbocycles. The summed E-state index contributed by atoms with van der Waals surface area (Å²) in [7, 11) is 4.83. The number of benzene rings is 2. The van der Waals surface area contributed by atoms with Crippen LogP contribution >= 0.6 is 0 Å². The van der Waals surface area contributed by atoms with Crippen LogP contribution in [-0.2, 0) is 17.9 Å². The zero-order valence-electron chi connectivity index (χ0n) is 16.7. The van der Waals surface area contributed by atoms with Gasteiger partial charge < -0.3 is 14.4 Å². The first-order valence-corrected chi connectivity index (χ1v) is 9.10.